The zero-order chi connectivity index (χ0) is 22.7. The highest BCUT2D eigenvalue weighted by Crippen LogP contribution is 2.43. The first-order chi connectivity index (χ1) is 16.7. The van der Waals surface area contributed by atoms with Crippen LogP contribution in [0, 0.1) is 11.3 Å². The van der Waals surface area contributed by atoms with E-state index in [2.05, 4.69) is 56.6 Å². The van der Waals surface area contributed by atoms with E-state index in [9.17, 15) is 4.79 Å². The van der Waals surface area contributed by atoms with Gasteiger partial charge >= 0.3 is 0 Å². The molecule has 0 unspecified atom stereocenters. The maximum Gasteiger partial charge on any atom is 0.169 e. The summed E-state index contributed by atoms with van der Waals surface area (Å²) in [7, 11) is 0. The number of piperidine rings is 1. The quantitative estimate of drug-likeness (QED) is 0.430. The Morgan fingerprint density at radius 3 is 2.59 bits per heavy atom. The number of aromatic nitrogens is 3. The summed E-state index contributed by atoms with van der Waals surface area (Å²) >= 11 is 0. The van der Waals surface area contributed by atoms with Gasteiger partial charge in [-0.25, -0.2) is 4.98 Å². The molecule has 2 N–H and O–H groups in total. The molecule has 0 atom stereocenters. The number of hydrogen-bond donors (Lipinski definition) is 2. The highest BCUT2D eigenvalue weighted by Gasteiger charge is 2.39. The number of carbonyl (C=O) groups is 1. The maximum atomic E-state index is 13.3. The topological polar surface area (TPSA) is 73.9 Å². The Hall–Kier alpha value is -3.25. The van der Waals surface area contributed by atoms with Crippen LogP contribution in [0.2, 0.25) is 0 Å². The van der Waals surface area contributed by atoms with Crippen molar-refractivity contribution in [2.24, 2.45) is 11.3 Å². The summed E-state index contributed by atoms with van der Waals surface area (Å²) in [5.74, 6) is 0.453. The van der Waals surface area contributed by atoms with Gasteiger partial charge in [-0.1, -0.05) is 12.1 Å². The highest BCUT2D eigenvalue weighted by molar-refractivity contribution is 6.10. The van der Waals surface area contributed by atoms with E-state index in [1.165, 1.54) is 19.3 Å². The average molecular weight is 452 g/mol. The van der Waals surface area contributed by atoms with Crippen molar-refractivity contribution in [1.29, 1.82) is 0 Å². The van der Waals surface area contributed by atoms with Gasteiger partial charge in [-0.2, -0.15) is 0 Å². The minimum absolute atomic E-state index is 0.179. The molecule has 2 aromatic heterocycles. The molecule has 0 radical (unpaired) electrons. The van der Waals surface area contributed by atoms with Crippen LogP contribution >= 0.6 is 0 Å². The second kappa shape index (κ2) is 7.64. The van der Waals surface area contributed by atoms with Gasteiger partial charge in [0.2, 0.25) is 0 Å². The number of benzene rings is 2. The fourth-order valence-corrected chi connectivity index (χ4v) is 5.98. The lowest BCUT2D eigenvalue weighted by molar-refractivity contribution is 0.0967. The molecule has 7 rings (SSSR count). The van der Waals surface area contributed by atoms with Gasteiger partial charge < -0.3 is 15.2 Å². The molecule has 0 bridgehead atoms. The van der Waals surface area contributed by atoms with E-state index < -0.39 is 0 Å². The van der Waals surface area contributed by atoms with E-state index in [0.29, 0.717) is 5.41 Å². The molecule has 2 aliphatic heterocycles. The molecule has 1 spiro atoms. The Morgan fingerprint density at radius 1 is 0.971 bits per heavy atom. The molecule has 4 aromatic rings. The summed E-state index contributed by atoms with van der Waals surface area (Å²) in [5, 5.41) is 4.66. The molecule has 6 nitrogen and oxygen atoms in total. The summed E-state index contributed by atoms with van der Waals surface area (Å²) in [5.41, 5.74) is 7.55. The Balaban J connectivity index is 1.34. The first-order valence-corrected chi connectivity index (χ1v) is 12.6. The maximum absolute atomic E-state index is 13.3. The molecule has 0 amide bonds. The fourth-order valence-electron chi connectivity index (χ4n) is 5.98. The van der Waals surface area contributed by atoms with Crippen molar-refractivity contribution in [1.82, 2.24) is 20.3 Å². The molecule has 34 heavy (non-hydrogen) atoms. The standard InChI is InChI=1S/C28H29N5O/c34-27(18-1-2-18)22-15-30-23-5-3-19(20-4-6-24-25(14-20)32-17-31-24)13-21(23)26(22)33-11-8-28(9-12-33)7-10-29-16-28/h3-6,13-15,17-18,29H,1-2,7-12,16H2,(H,31,32). The number of pyridine rings is 1. The van der Waals surface area contributed by atoms with Crippen molar-refractivity contribution >= 4 is 33.4 Å². The number of nitrogens with one attached hydrogen (secondary N) is 2. The Morgan fingerprint density at radius 2 is 1.79 bits per heavy atom. The van der Waals surface area contributed by atoms with E-state index in [1.807, 2.05) is 6.20 Å². The van der Waals surface area contributed by atoms with E-state index in [-0.39, 0.29) is 11.7 Å². The second-order valence-corrected chi connectivity index (χ2v) is 10.4. The molecule has 4 heterocycles. The molecular weight excluding hydrogens is 422 g/mol. The van der Waals surface area contributed by atoms with Gasteiger partial charge in [0.15, 0.2) is 5.78 Å². The van der Waals surface area contributed by atoms with Gasteiger partial charge in [0.05, 0.1) is 34.1 Å². The molecule has 1 saturated carbocycles. The third kappa shape index (κ3) is 3.31. The first kappa shape index (κ1) is 20.2. The summed E-state index contributed by atoms with van der Waals surface area (Å²) in [6.45, 7) is 4.25. The van der Waals surface area contributed by atoms with Crippen LogP contribution in [-0.2, 0) is 0 Å². The van der Waals surface area contributed by atoms with Gasteiger partial charge in [-0.15, -0.1) is 0 Å². The lowest BCUT2D eigenvalue weighted by Gasteiger charge is -2.41. The number of imidazole rings is 1. The minimum atomic E-state index is 0.179. The number of H-pyrrole nitrogens is 1. The lowest BCUT2D eigenvalue weighted by atomic mass is 9.77. The van der Waals surface area contributed by atoms with Crippen LogP contribution in [0.4, 0.5) is 5.69 Å². The van der Waals surface area contributed by atoms with E-state index in [4.69, 9.17) is 4.98 Å². The highest BCUT2D eigenvalue weighted by atomic mass is 16.1. The number of fused-ring (bicyclic) bond motifs is 2. The fraction of sp³-hybridized carbons (Fsp3) is 0.393. The van der Waals surface area contributed by atoms with Gasteiger partial charge in [0.1, 0.15) is 0 Å². The number of Topliss-reactive ketones (excluding diaryl/α,β-unsaturated/α-hetero) is 1. The normalized spacial score (nSPS) is 19.9. The zero-order valence-corrected chi connectivity index (χ0v) is 19.3. The number of carbonyl (C=O) groups excluding carboxylic acids is 1. The van der Waals surface area contributed by atoms with Crippen molar-refractivity contribution in [3.8, 4) is 11.1 Å². The van der Waals surface area contributed by atoms with E-state index in [0.717, 1.165) is 83.3 Å². The van der Waals surface area contributed by atoms with Gasteiger partial charge in [-0.05, 0) is 79.5 Å². The van der Waals surface area contributed by atoms with Crippen LogP contribution in [-0.4, -0.2) is 46.9 Å². The summed E-state index contributed by atoms with van der Waals surface area (Å²) in [6, 6.07) is 12.8. The Kier molecular flexibility index (Phi) is 4.53. The van der Waals surface area contributed by atoms with Crippen molar-refractivity contribution in [3.05, 3.63) is 54.5 Å². The lowest BCUT2D eigenvalue weighted by Crippen LogP contribution is -2.42. The minimum Gasteiger partial charge on any atom is -0.370 e. The molecule has 172 valence electrons. The smallest absolute Gasteiger partial charge is 0.169 e. The zero-order valence-electron chi connectivity index (χ0n) is 19.3. The van der Waals surface area contributed by atoms with Crippen LogP contribution < -0.4 is 10.2 Å². The predicted octanol–water partition coefficient (Wildman–Crippen LogP) is 4.95. The SMILES string of the molecule is O=C(c1cnc2ccc(-c3ccc4[nH]cnc4c3)cc2c1N1CCC2(CCNC2)CC1)C1CC1. The number of aromatic amines is 1. The predicted molar refractivity (Wildman–Crippen MR) is 135 cm³/mol. The Bertz CT molecular complexity index is 1400. The van der Waals surface area contributed by atoms with Crippen LogP contribution in [0.3, 0.4) is 0 Å². The number of anilines is 1. The first-order valence-electron chi connectivity index (χ1n) is 12.6. The largest absolute Gasteiger partial charge is 0.370 e. The van der Waals surface area contributed by atoms with Crippen molar-refractivity contribution in [2.75, 3.05) is 31.1 Å². The van der Waals surface area contributed by atoms with Gasteiger partial charge in [0, 0.05) is 37.1 Å². The molecule has 2 saturated heterocycles. The third-order valence-corrected chi connectivity index (χ3v) is 8.28. The summed E-state index contributed by atoms with van der Waals surface area (Å²) in [6.07, 6.45) is 9.22. The number of rotatable bonds is 4. The molecule has 2 aromatic carbocycles. The number of nitrogens with zero attached hydrogens (tertiary/aromatic N) is 3. The van der Waals surface area contributed by atoms with Crippen molar-refractivity contribution in [2.45, 2.75) is 32.1 Å². The molecule has 3 fully saturated rings. The van der Waals surface area contributed by atoms with Crippen molar-refractivity contribution < 1.29 is 4.79 Å². The third-order valence-electron chi connectivity index (χ3n) is 8.28. The van der Waals surface area contributed by atoms with Crippen LogP contribution in [0.1, 0.15) is 42.5 Å². The van der Waals surface area contributed by atoms with Crippen LogP contribution in [0.15, 0.2) is 48.9 Å². The molecule has 6 heteroatoms. The van der Waals surface area contributed by atoms with E-state index in [1.54, 1.807) is 6.33 Å². The van der Waals surface area contributed by atoms with Crippen molar-refractivity contribution in [3.63, 3.8) is 0 Å². The monoisotopic (exact) mass is 451 g/mol. The molecular formula is C28H29N5O. The Labute approximate surface area is 198 Å². The average Bonchev–Trinajstić information content (AvgIpc) is 3.46. The molecule has 1 aliphatic carbocycles. The summed E-state index contributed by atoms with van der Waals surface area (Å²) in [4.78, 5) is 28.2. The van der Waals surface area contributed by atoms with Gasteiger partial charge in [-0.3, -0.25) is 9.78 Å². The summed E-state index contributed by atoms with van der Waals surface area (Å²) < 4.78 is 0. The van der Waals surface area contributed by atoms with Gasteiger partial charge in [0.25, 0.3) is 0 Å². The number of ketones is 1. The van der Waals surface area contributed by atoms with Crippen LogP contribution in [0.5, 0.6) is 0 Å². The van der Waals surface area contributed by atoms with Crippen LogP contribution in [0.25, 0.3) is 33.1 Å². The second-order valence-electron chi connectivity index (χ2n) is 10.4. The molecule has 3 aliphatic rings. The van der Waals surface area contributed by atoms with E-state index >= 15 is 0 Å². The number of hydrogen-bond acceptors (Lipinski definition) is 5.